The summed E-state index contributed by atoms with van der Waals surface area (Å²) in [5, 5.41) is 4.20. The first kappa shape index (κ1) is 12.1. The van der Waals surface area contributed by atoms with Gasteiger partial charge in [-0.05, 0) is 5.57 Å². The van der Waals surface area contributed by atoms with Crippen molar-refractivity contribution < 1.29 is 26.6 Å². The third-order valence-corrected chi connectivity index (χ3v) is 3.25. The predicted molar refractivity (Wildman–Crippen MR) is 59.7 cm³/mol. The second kappa shape index (κ2) is 4.05. The maximum atomic E-state index is 11.9. The fourth-order valence-electron chi connectivity index (χ4n) is 2.14. The van der Waals surface area contributed by atoms with Crippen molar-refractivity contribution in [3.8, 4) is 0 Å². The first-order chi connectivity index (χ1) is 8.94. The Balaban J connectivity index is 1.90. The SMILES string of the molecule is O=C1N2CC(c3cnoc3)=CC(C2)N1OS(=O)(=O)O. The smallest absolute Gasteiger partial charge is 0.364 e. The maximum absolute atomic E-state index is 11.9. The van der Waals surface area contributed by atoms with Crippen LogP contribution in [0.4, 0.5) is 4.79 Å². The lowest BCUT2D eigenvalue weighted by molar-refractivity contribution is -0.0183. The Morgan fingerprint density at radius 1 is 1.53 bits per heavy atom. The van der Waals surface area contributed by atoms with Gasteiger partial charge in [0.05, 0.1) is 12.2 Å². The summed E-state index contributed by atoms with van der Waals surface area (Å²) in [5.74, 6) is 0. The van der Waals surface area contributed by atoms with Gasteiger partial charge in [0.1, 0.15) is 6.26 Å². The van der Waals surface area contributed by atoms with Crippen LogP contribution in [0.1, 0.15) is 5.56 Å². The molecule has 0 radical (unpaired) electrons. The van der Waals surface area contributed by atoms with E-state index in [1.807, 2.05) is 0 Å². The molecule has 10 heteroatoms. The zero-order chi connectivity index (χ0) is 13.6. The van der Waals surface area contributed by atoms with Crippen LogP contribution in [0.3, 0.4) is 0 Å². The summed E-state index contributed by atoms with van der Waals surface area (Å²) in [7, 11) is -4.73. The van der Waals surface area contributed by atoms with E-state index in [2.05, 4.69) is 9.44 Å². The molecule has 3 rings (SSSR count). The summed E-state index contributed by atoms with van der Waals surface area (Å²) in [6.07, 6.45) is 4.60. The van der Waals surface area contributed by atoms with Crippen molar-refractivity contribution in [1.82, 2.24) is 15.1 Å². The molecular weight excluding hydrogens is 278 g/mol. The highest BCUT2D eigenvalue weighted by Gasteiger charge is 2.43. The molecule has 1 fully saturated rings. The van der Waals surface area contributed by atoms with Crippen molar-refractivity contribution in [2.75, 3.05) is 13.1 Å². The lowest BCUT2D eigenvalue weighted by Gasteiger charge is -2.20. The van der Waals surface area contributed by atoms with Gasteiger partial charge in [-0.25, -0.2) is 4.79 Å². The van der Waals surface area contributed by atoms with Crippen LogP contribution in [0.2, 0.25) is 0 Å². The van der Waals surface area contributed by atoms with Gasteiger partial charge in [-0.3, -0.25) is 4.55 Å². The third-order valence-electron chi connectivity index (χ3n) is 2.90. The standard InChI is InChI=1S/C9H9N3O6S/c13-9-11-3-6(7-2-10-17-5-7)1-8(4-11)12(9)18-19(14,15)16/h1-2,5,8H,3-4H2,(H,14,15,16). The van der Waals surface area contributed by atoms with E-state index < -0.39 is 22.5 Å². The number of aromatic nitrogens is 1. The Bertz CT molecular complexity index is 637. The van der Waals surface area contributed by atoms with Crippen LogP contribution in [0, 0.1) is 0 Å². The fourth-order valence-corrected chi connectivity index (χ4v) is 2.52. The highest BCUT2D eigenvalue weighted by Crippen LogP contribution is 2.29. The molecule has 2 bridgehead atoms. The molecule has 0 aromatic carbocycles. The van der Waals surface area contributed by atoms with Crippen molar-refractivity contribution in [2.45, 2.75) is 6.04 Å². The van der Waals surface area contributed by atoms with Gasteiger partial charge in [0, 0.05) is 18.7 Å². The van der Waals surface area contributed by atoms with Crippen LogP contribution in [0.15, 0.2) is 23.1 Å². The Labute approximate surface area is 107 Å². The van der Waals surface area contributed by atoms with Gasteiger partial charge >= 0.3 is 16.4 Å². The Kier molecular flexibility index (Phi) is 2.59. The largest absolute Gasteiger partial charge is 0.418 e. The van der Waals surface area contributed by atoms with Gasteiger partial charge in [-0.15, -0.1) is 4.28 Å². The van der Waals surface area contributed by atoms with Gasteiger partial charge in [-0.2, -0.15) is 13.5 Å². The minimum Gasteiger partial charge on any atom is -0.364 e. The number of nitrogens with zero attached hydrogens (tertiary/aromatic N) is 3. The van der Waals surface area contributed by atoms with E-state index >= 15 is 0 Å². The molecular formula is C9H9N3O6S. The van der Waals surface area contributed by atoms with E-state index in [0.29, 0.717) is 23.7 Å². The third kappa shape index (κ3) is 2.20. The molecule has 1 atom stereocenters. The van der Waals surface area contributed by atoms with Crippen LogP contribution in [-0.2, 0) is 14.7 Å². The highest BCUT2D eigenvalue weighted by molar-refractivity contribution is 7.80. The Morgan fingerprint density at radius 2 is 2.32 bits per heavy atom. The minimum absolute atomic E-state index is 0.294. The quantitative estimate of drug-likeness (QED) is 0.773. The molecule has 2 aliphatic heterocycles. The molecule has 0 aliphatic carbocycles. The summed E-state index contributed by atoms with van der Waals surface area (Å²) in [4.78, 5) is 13.3. The summed E-state index contributed by atoms with van der Waals surface area (Å²) < 4.78 is 39.1. The van der Waals surface area contributed by atoms with Crippen LogP contribution < -0.4 is 0 Å². The highest BCUT2D eigenvalue weighted by atomic mass is 32.3. The van der Waals surface area contributed by atoms with Crippen molar-refractivity contribution in [1.29, 1.82) is 0 Å². The van der Waals surface area contributed by atoms with E-state index in [-0.39, 0.29) is 0 Å². The van der Waals surface area contributed by atoms with Crippen molar-refractivity contribution in [3.05, 3.63) is 24.1 Å². The minimum atomic E-state index is -4.73. The number of hydrogen-bond acceptors (Lipinski definition) is 6. The number of hydroxylamine groups is 2. The number of carbonyl (C=O) groups excluding carboxylic acids is 1. The molecule has 3 heterocycles. The Hall–Kier alpha value is -1.91. The topological polar surface area (TPSA) is 113 Å². The molecule has 19 heavy (non-hydrogen) atoms. The van der Waals surface area contributed by atoms with E-state index in [9.17, 15) is 13.2 Å². The number of rotatable bonds is 3. The molecule has 9 nitrogen and oxygen atoms in total. The Morgan fingerprint density at radius 3 is 2.95 bits per heavy atom. The monoisotopic (exact) mass is 287 g/mol. The van der Waals surface area contributed by atoms with Crippen LogP contribution in [0.25, 0.3) is 5.57 Å². The van der Waals surface area contributed by atoms with Crippen molar-refractivity contribution in [2.24, 2.45) is 0 Å². The summed E-state index contributed by atoms with van der Waals surface area (Å²) in [6, 6.07) is -1.21. The molecule has 2 amide bonds. The fraction of sp³-hybridized carbons (Fsp3) is 0.333. The summed E-state index contributed by atoms with van der Waals surface area (Å²) >= 11 is 0. The average Bonchev–Trinajstić information content (AvgIpc) is 2.92. The number of amides is 2. The molecule has 1 N–H and O–H groups in total. The van der Waals surface area contributed by atoms with Crippen molar-refractivity contribution >= 4 is 22.0 Å². The van der Waals surface area contributed by atoms with Crippen LogP contribution >= 0.6 is 0 Å². The zero-order valence-electron chi connectivity index (χ0n) is 9.46. The number of fused-ring (bicyclic) bond motifs is 2. The van der Waals surface area contributed by atoms with E-state index in [4.69, 9.17) is 9.08 Å². The molecule has 1 saturated heterocycles. The van der Waals surface area contributed by atoms with Gasteiger partial charge < -0.3 is 9.42 Å². The van der Waals surface area contributed by atoms with Gasteiger partial charge in [0.2, 0.25) is 0 Å². The number of urea groups is 1. The van der Waals surface area contributed by atoms with Gasteiger partial charge in [0.15, 0.2) is 0 Å². The second-order valence-corrected chi connectivity index (χ2v) is 5.17. The number of hydrogen-bond donors (Lipinski definition) is 1. The van der Waals surface area contributed by atoms with Gasteiger partial charge in [0.25, 0.3) is 0 Å². The van der Waals surface area contributed by atoms with Crippen molar-refractivity contribution in [3.63, 3.8) is 0 Å². The molecule has 0 spiro atoms. The van der Waals surface area contributed by atoms with Gasteiger partial charge in [-0.1, -0.05) is 11.2 Å². The number of carbonyl (C=O) groups is 1. The summed E-state index contributed by atoms with van der Waals surface area (Å²) in [5.41, 5.74) is 1.48. The van der Waals surface area contributed by atoms with Crippen LogP contribution in [-0.4, -0.2) is 53.3 Å². The zero-order valence-corrected chi connectivity index (χ0v) is 10.3. The molecule has 102 valence electrons. The van der Waals surface area contributed by atoms with Crippen LogP contribution in [0.5, 0.6) is 0 Å². The maximum Gasteiger partial charge on any atom is 0.418 e. The molecule has 0 saturated carbocycles. The predicted octanol–water partition coefficient (Wildman–Crippen LogP) is -0.0878. The molecule has 1 aromatic heterocycles. The molecule has 2 aliphatic rings. The lowest BCUT2D eigenvalue weighted by Crippen LogP contribution is -2.35. The summed E-state index contributed by atoms with van der Waals surface area (Å²) in [6.45, 7) is 0.588. The first-order valence-electron chi connectivity index (χ1n) is 5.29. The second-order valence-electron chi connectivity index (χ2n) is 4.16. The first-order valence-corrected chi connectivity index (χ1v) is 6.66. The molecule has 1 aromatic rings. The van der Waals surface area contributed by atoms with E-state index in [1.165, 1.54) is 17.4 Å². The normalized spacial score (nSPS) is 22.9. The lowest BCUT2D eigenvalue weighted by atomic mass is 10.0. The van der Waals surface area contributed by atoms with E-state index in [0.717, 1.165) is 5.57 Å². The average molecular weight is 287 g/mol. The molecule has 1 unspecified atom stereocenters. The van der Waals surface area contributed by atoms with E-state index in [1.54, 1.807) is 6.08 Å².